The first-order valence-electron chi connectivity index (χ1n) is 5.80. The third kappa shape index (κ3) is 1.92. The summed E-state index contributed by atoms with van der Waals surface area (Å²) in [5.41, 5.74) is 0.0405. The quantitative estimate of drug-likeness (QED) is 0.589. The standard InChI is InChI=1S/C14H19F/c1-3-14(9-4-5-10-14)12-7-6-8-13(2,15)11-12/h3,6-7,11H,1,4-5,8-10H2,2H3. The topological polar surface area (TPSA) is 0 Å². The number of alkyl halides is 1. The Morgan fingerprint density at radius 3 is 2.60 bits per heavy atom. The summed E-state index contributed by atoms with van der Waals surface area (Å²) in [6.07, 6.45) is 13.1. The lowest BCUT2D eigenvalue weighted by Crippen LogP contribution is -2.23. The Hall–Kier alpha value is -0.850. The minimum Gasteiger partial charge on any atom is -0.239 e. The average molecular weight is 206 g/mol. The molecule has 1 fully saturated rings. The second-order valence-corrected chi connectivity index (χ2v) is 5.05. The van der Waals surface area contributed by atoms with Crippen molar-refractivity contribution in [3.05, 3.63) is 36.5 Å². The molecule has 0 heterocycles. The Morgan fingerprint density at radius 1 is 1.40 bits per heavy atom. The van der Waals surface area contributed by atoms with Crippen molar-refractivity contribution in [2.24, 2.45) is 5.41 Å². The Labute approximate surface area is 91.6 Å². The molecule has 0 aromatic carbocycles. The van der Waals surface area contributed by atoms with Crippen molar-refractivity contribution in [1.29, 1.82) is 0 Å². The van der Waals surface area contributed by atoms with E-state index in [2.05, 4.69) is 12.7 Å². The molecular weight excluding hydrogens is 187 g/mol. The molecule has 0 spiro atoms. The summed E-state index contributed by atoms with van der Waals surface area (Å²) in [5.74, 6) is 0. The largest absolute Gasteiger partial charge is 0.239 e. The maximum atomic E-state index is 13.9. The van der Waals surface area contributed by atoms with Gasteiger partial charge in [-0.05, 0) is 31.4 Å². The van der Waals surface area contributed by atoms with Gasteiger partial charge in [-0.3, -0.25) is 0 Å². The van der Waals surface area contributed by atoms with Crippen LogP contribution in [0.15, 0.2) is 36.5 Å². The van der Waals surface area contributed by atoms with Crippen molar-refractivity contribution in [3.8, 4) is 0 Å². The molecule has 0 bridgehead atoms. The fourth-order valence-corrected chi connectivity index (χ4v) is 2.77. The second-order valence-electron chi connectivity index (χ2n) is 5.05. The Balaban J connectivity index is 2.32. The molecular formula is C14H19F. The fourth-order valence-electron chi connectivity index (χ4n) is 2.77. The maximum absolute atomic E-state index is 13.9. The van der Waals surface area contributed by atoms with Crippen LogP contribution in [0.3, 0.4) is 0 Å². The summed E-state index contributed by atoms with van der Waals surface area (Å²) in [6.45, 7) is 5.60. The highest BCUT2D eigenvalue weighted by atomic mass is 19.1. The van der Waals surface area contributed by atoms with Crippen LogP contribution < -0.4 is 0 Å². The number of hydrogen-bond acceptors (Lipinski definition) is 0. The molecule has 0 aromatic rings. The molecule has 0 aromatic heterocycles. The summed E-state index contributed by atoms with van der Waals surface area (Å²) in [6, 6.07) is 0. The molecule has 0 aliphatic heterocycles. The molecule has 0 nitrogen and oxygen atoms in total. The van der Waals surface area contributed by atoms with Crippen LogP contribution in [0.2, 0.25) is 0 Å². The molecule has 2 aliphatic rings. The second kappa shape index (κ2) is 3.62. The zero-order valence-electron chi connectivity index (χ0n) is 9.43. The lowest BCUT2D eigenvalue weighted by Gasteiger charge is -2.31. The fraction of sp³-hybridized carbons (Fsp3) is 0.571. The lowest BCUT2D eigenvalue weighted by atomic mass is 9.75. The molecule has 1 unspecified atom stereocenters. The summed E-state index contributed by atoms with van der Waals surface area (Å²) in [4.78, 5) is 0. The van der Waals surface area contributed by atoms with Crippen molar-refractivity contribution in [3.63, 3.8) is 0 Å². The number of halogens is 1. The van der Waals surface area contributed by atoms with E-state index in [1.165, 1.54) is 12.8 Å². The van der Waals surface area contributed by atoms with Gasteiger partial charge < -0.3 is 0 Å². The third-order valence-electron chi connectivity index (χ3n) is 3.73. The predicted molar refractivity (Wildman–Crippen MR) is 62.5 cm³/mol. The van der Waals surface area contributed by atoms with Gasteiger partial charge in [0.15, 0.2) is 0 Å². The molecule has 0 radical (unpaired) electrons. The van der Waals surface area contributed by atoms with Crippen LogP contribution >= 0.6 is 0 Å². The summed E-state index contributed by atoms with van der Waals surface area (Å²) in [5, 5.41) is 0. The summed E-state index contributed by atoms with van der Waals surface area (Å²) < 4.78 is 13.9. The Kier molecular flexibility index (Phi) is 2.57. The van der Waals surface area contributed by atoms with E-state index in [1.807, 2.05) is 12.2 Å². The van der Waals surface area contributed by atoms with Crippen LogP contribution in [0, 0.1) is 5.41 Å². The first-order valence-corrected chi connectivity index (χ1v) is 5.80. The Morgan fingerprint density at radius 2 is 2.07 bits per heavy atom. The normalized spacial score (nSPS) is 33.9. The van der Waals surface area contributed by atoms with Crippen molar-refractivity contribution in [1.82, 2.24) is 0 Å². The number of hydrogen-bond donors (Lipinski definition) is 0. The van der Waals surface area contributed by atoms with Gasteiger partial charge >= 0.3 is 0 Å². The van der Waals surface area contributed by atoms with Gasteiger partial charge in [0, 0.05) is 11.8 Å². The molecule has 0 amide bonds. The van der Waals surface area contributed by atoms with E-state index in [1.54, 1.807) is 13.0 Å². The first-order chi connectivity index (χ1) is 7.08. The minimum atomic E-state index is -1.16. The van der Waals surface area contributed by atoms with Crippen molar-refractivity contribution >= 4 is 0 Å². The maximum Gasteiger partial charge on any atom is 0.130 e. The van der Waals surface area contributed by atoms with Crippen LogP contribution in [0.4, 0.5) is 4.39 Å². The van der Waals surface area contributed by atoms with Crippen LogP contribution in [0.1, 0.15) is 39.0 Å². The molecule has 0 N–H and O–H groups in total. The van der Waals surface area contributed by atoms with Gasteiger partial charge in [0.05, 0.1) is 0 Å². The monoisotopic (exact) mass is 206 g/mol. The zero-order chi connectivity index (χ0) is 10.9. The number of rotatable bonds is 2. The predicted octanol–water partition coefficient (Wildman–Crippen LogP) is 4.35. The van der Waals surface area contributed by atoms with Crippen molar-refractivity contribution in [2.75, 3.05) is 0 Å². The van der Waals surface area contributed by atoms with Gasteiger partial charge in [-0.2, -0.15) is 0 Å². The zero-order valence-corrected chi connectivity index (χ0v) is 9.43. The van der Waals surface area contributed by atoms with Crippen molar-refractivity contribution < 1.29 is 4.39 Å². The van der Waals surface area contributed by atoms with Crippen LogP contribution in [0.5, 0.6) is 0 Å². The summed E-state index contributed by atoms with van der Waals surface area (Å²) in [7, 11) is 0. The van der Waals surface area contributed by atoms with E-state index >= 15 is 0 Å². The van der Waals surface area contributed by atoms with Gasteiger partial charge in [0.1, 0.15) is 5.67 Å². The van der Waals surface area contributed by atoms with E-state index in [4.69, 9.17) is 0 Å². The first kappa shape index (κ1) is 10.7. The van der Waals surface area contributed by atoms with Gasteiger partial charge in [0.2, 0.25) is 0 Å². The van der Waals surface area contributed by atoms with E-state index in [0.717, 1.165) is 18.4 Å². The third-order valence-corrected chi connectivity index (χ3v) is 3.73. The van der Waals surface area contributed by atoms with Gasteiger partial charge in [0.25, 0.3) is 0 Å². The molecule has 1 heteroatoms. The lowest BCUT2D eigenvalue weighted by molar-refractivity contribution is 0.254. The highest BCUT2D eigenvalue weighted by Gasteiger charge is 2.36. The summed E-state index contributed by atoms with van der Waals surface area (Å²) >= 11 is 0. The van der Waals surface area contributed by atoms with Gasteiger partial charge in [-0.15, -0.1) is 6.58 Å². The SMILES string of the molecule is C=CC1(C2=CC(C)(F)CC=C2)CCCC1. The average Bonchev–Trinajstić information content (AvgIpc) is 2.65. The molecule has 1 atom stereocenters. The molecule has 15 heavy (non-hydrogen) atoms. The van der Waals surface area contributed by atoms with E-state index in [9.17, 15) is 4.39 Å². The van der Waals surface area contributed by atoms with E-state index in [-0.39, 0.29) is 5.41 Å². The van der Waals surface area contributed by atoms with Crippen LogP contribution in [-0.4, -0.2) is 5.67 Å². The van der Waals surface area contributed by atoms with Crippen molar-refractivity contribution in [2.45, 2.75) is 44.7 Å². The minimum absolute atomic E-state index is 0.0598. The number of allylic oxidation sites excluding steroid dienone is 5. The molecule has 0 saturated heterocycles. The smallest absolute Gasteiger partial charge is 0.130 e. The van der Waals surface area contributed by atoms with Gasteiger partial charge in [-0.25, -0.2) is 4.39 Å². The molecule has 1 saturated carbocycles. The van der Waals surface area contributed by atoms with Crippen LogP contribution in [-0.2, 0) is 0 Å². The Bertz CT molecular complexity index is 314. The highest BCUT2D eigenvalue weighted by Crippen LogP contribution is 2.47. The highest BCUT2D eigenvalue weighted by molar-refractivity contribution is 5.37. The van der Waals surface area contributed by atoms with Crippen LogP contribution in [0.25, 0.3) is 0 Å². The van der Waals surface area contributed by atoms with Gasteiger partial charge in [-0.1, -0.05) is 31.1 Å². The molecule has 82 valence electrons. The molecule has 2 aliphatic carbocycles. The van der Waals surface area contributed by atoms with E-state index in [0.29, 0.717) is 6.42 Å². The molecule has 2 rings (SSSR count). The van der Waals surface area contributed by atoms with E-state index < -0.39 is 5.67 Å².